The average molecular weight is 426 g/mol. The fourth-order valence-electron chi connectivity index (χ4n) is 2.75. The minimum atomic E-state index is -1.34. The van der Waals surface area contributed by atoms with E-state index < -0.39 is 10.9 Å². The lowest BCUT2D eigenvalue weighted by Gasteiger charge is -2.07. The molecule has 31 heavy (non-hydrogen) atoms. The number of benzene rings is 2. The van der Waals surface area contributed by atoms with Gasteiger partial charge in [0.2, 0.25) is 0 Å². The third kappa shape index (κ3) is 4.96. The van der Waals surface area contributed by atoms with E-state index in [-0.39, 0.29) is 29.4 Å². The van der Waals surface area contributed by atoms with Crippen LogP contribution in [0.25, 0.3) is 11.3 Å². The van der Waals surface area contributed by atoms with Crippen LogP contribution in [0.4, 0.5) is 11.7 Å². The van der Waals surface area contributed by atoms with Crippen molar-refractivity contribution in [3.8, 4) is 22.8 Å². The minimum Gasteiger partial charge on any atom is -0.493 e. The van der Waals surface area contributed by atoms with Gasteiger partial charge in [-0.2, -0.15) is 10.1 Å². The zero-order valence-corrected chi connectivity index (χ0v) is 16.6. The Hall–Kier alpha value is -4.41. The van der Waals surface area contributed by atoms with Crippen molar-refractivity contribution >= 4 is 23.4 Å². The number of carboxylic acids is 1. The number of nitrogens with zero attached hydrogens (tertiary/aromatic N) is 3. The minimum absolute atomic E-state index is 0.0499. The number of nitrogens with one attached hydrogen (secondary N) is 1. The second-order valence-corrected chi connectivity index (χ2v) is 6.15. The molecule has 0 aliphatic rings. The molecular formula is C20H18N4O7. The van der Waals surface area contributed by atoms with Gasteiger partial charge < -0.3 is 19.0 Å². The molecule has 3 aromatic rings. The van der Waals surface area contributed by atoms with Crippen molar-refractivity contribution in [2.75, 3.05) is 19.6 Å². The molecule has 0 fully saturated rings. The predicted molar refractivity (Wildman–Crippen MR) is 111 cm³/mol. The Labute approximate surface area is 176 Å². The van der Waals surface area contributed by atoms with Crippen LogP contribution < -0.4 is 14.9 Å². The van der Waals surface area contributed by atoms with Crippen LogP contribution >= 0.6 is 0 Å². The monoisotopic (exact) mass is 426 g/mol. The Kier molecular flexibility index (Phi) is 6.45. The molecule has 0 aliphatic carbocycles. The van der Waals surface area contributed by atoms with Crippen molar-refractivity contribution in [1.82, 2.24) is 4.98 Å². The molecule has 0 unspecified atom stereocenters. The van der Waals surface area contributed by atoms with Crippen LogP contribution in [0.15, 0.2) is 58.2 Å². The Balaban J connectivity index is 1.80. The van der Waals surface area contributed by atoms with Gasteiger partial charge in [0, 0.05) is 23.6 Å². The number of hydrazone groups is 1. The van der Waals surface area contributed by atoms with E-state index in [2.05, 4.69) is 15.5 Å². The number of hydrogen-bond acceptors (Lipinski definition) is 9. The lowest BCUT2D eigenvalue weighted by Crippen LogP contribution is -2.18. The molecule has 11 heteroatoms. The summed E-state index contributed by atoms with van der Waals surface area (Å²) >= 11 is 0. The Morgan fingerprint density at radius 1 is 1.23 bits per heavy atom. The lowest BCUT2D eigenvalue weighted by molar-refractivity contribution is -0.385. The molecule has 0 bridgehead atoms. The lowest BCUT2D eigenvalue weighted by atomic mass is 10.1. The number of oxazole rings is 1. The first-order valence-corrected chi connectivity index (χ1v) is 8.89. The predicted octanol–water partition coefficient (Wildman–Crippen LogP) is 3.36. The number of nitro benzene ring substituents is 1. The summed E-state index contributed by atoms with van der Waals surface area (Å²) in [5.74, 6) is -0.274. The van der Waals surface area contributed by atoms with Crippen LogP contribution in [0.1, 0.15) is 5.56 Å². The van der Waals surface area contributed by atoms with E-state index in [0.717, 1.165) is 0 Å². The van der Waals surface area contributed by atoms with Gasteiger partial charge in [-0.05, 0) is 18.2 Å². The van der Waals surface area contributed by atoms with Gasteiger partial charge in [0.15, 0.2) is 11.5 Å². The summed E-state index contributed by atoms with van der Waals surface area (Å²) in [5.41, 5.74) is 3.25. The van der Waals surface area contributed by atoms with Crippen molar-refractivity contribution < 1.29 is 28.7 Å². The van der Waals surface area contributed by atoms with Crippen LogP contribution in [-0.4, -0.2) is 40.9 Å². The molecule has 1 aromatic heterocycles. The molecule has 11 nitrogen and oxygen atoms in total. The zero-order chi connectivity index (χ0) is 22.4. The summed E-state index contributed by atoms with van der Waals surface area (Å²) in [6.45, 7) is 0. The third-order valence-electron chi connectivity index (χ3n) is 4.26. The fourth-order valence-corrected chi connectivity index (χ4v) is 2.75. The number of hydrogen-bond donors (Lipinski definition) is 2. The highest BCUT2D eigenvalue weighted by atomic mass is 16.6. The average Bonchev–Trinajstić information content (AvgIpc) is 3.25. The number of anilines is 1. The van der Waals surface area contributed by atoms with E-state index in [4.69, 9.17) is 13.9 Å². The van der Waals surface area contributed by atoms with Gasteiger partial charge in [-0.3, -0.25) is 10.1 Å². The highest BCUT2D eigenvalue weighted by molar-refractivity contribution is 6.36. The van der Waals surface area contributed by atoms with Crippen LogP contribution in [0.2, 0.25) is 0 Å². The number of aliphatic carboxylic acids is 1. The van der Waals surface area contributed by atoms with Crippen molar-refractivity contribution in [1.29, 1.82) is 0 Å². The Morgan fingerprint density at radius 3 is 2.65 bits per heavy atom. The normalized spacial score (nSPS) is 11.1. The van der Waals surface area contributed by atoms with Gasteiger partial charge in [-0.1, -0.05) is 18.2 Å². The number of nitro groups is 1. The second kappa shape index (κ2) is 9.39. The molecule has 2 N–H and O–H groups in total. The maximum absolute atomic E-state index is 11.5. The van der Waals surface area contributed by atoms with E-state index in [1.54, 1.807) is 24.3 Å². The van der Waals surface area contributed by atoms with Crippen LogP contribution in [0.3, 0.4) is 0 Å². The molecular weight excluding hydrogens is 408 g/mol. The fraction of sp³-hybridized carbons (Fsp3) is 0.150. The molecule has 0 saturated heterocycles. The number of ether oxygens (including phenoxy) is 2. The first kappa shape index (κ1) is 21.3. The summed E-state index contributed by atoms with van der Waals surface area (Å²) in [6.07, 6.45) is 1.10. The van der Waals surface area contributed by atoms with Crippen LogP contribution in [0, 0.1) is 10.1 Å². The van der Waals surface area contributed by atoms with Crippen molar-refractivity contribution in [2.45, 2.75) is 6.42 Å². The maximum Gasteiger partial charge on any atom is 0.352 e. The molecule has 0 amide bonds. The topological polar surface area (TPSA) is 149 Å². The molecule has 0 saturated carbocycles. The smallest absolute Gasteiger partial charge is 0.352 e. The molecule has 0 spiro atoms. The second-order valence-electron chi connectivity index (χ2n) is 6.15. The van der Waals surface area contributed by atoms with Crippen molar-refractivity contribution in [3.63, 3.8) is 0 Å². The highest BCUT2D eigenvalue weighted by Crippen LogP contribution is 2.32. The van der Waals surface area contributed by atoms with Gasteiger partial charge in [-0.15, -0.1) is 0 Å². The van der Waals surface area contributed by atoms with E-state index in [1.807, 2.05) is 0 Å². The van der Waals surface area contributed by atoms with Crippen LogP contribution in [-0.2, 0) is 11.2 Å². The number of carbonyl (C=O) groups is 1. The van der Waals surface area contributed by atoms with Gasteiger partial charge in [0.25, 0.3) is 5.69 Å². The number of para-hydroxylation sites is 1. The quantitative estimate of drug-likeness (QED) is 0.298. The number of methoxy groups -OCH3 is 2. The molecule has 0 atom stereocenters. The number of carboxylic acid groups (broad SMARTS) is 1. The number of rotatable bonds is 9. The molecule has 0 radical (unpaired) electrons. The Bertz CT molecular complexity index is 1140. The number of aromatic nitrogens is 1. The third-order valence-corrected chi connectivity index (χ3v) is 4.26. The SMILES string of the molecule is COc1ccc(-c2coc(N/N=C(\Cc3ccccc3[N+](=O)[O-])C(=O)O)n2)cc1OC. The summed E-state index contributed by atoms with van der Waals surface area (Å²) in [7, 11) is 3.04. The zero-order valence-electron chi connectivity index (χ0n) is 16.6. The Morgan fingerprint density at radius 2 is 1.97 bits per heavy atom. The molecule has 3 rings (SSSR count). The summed E-state index contributed by atoms with van der Waals surface area (Å²) in [6, 6.07) is 11.0. The van der Waals surface area contributed by atoms with Gasteiger partial charge in [0.05, 0.1) is 19.1 Å². The van der Waals surface area contributed by atoms with Crippen molar-refractivity contribution in [2.24, 2.45) is 5.10 Å². The summed E-state index contributed by atoms with van der Waals surface area (Å²) in [4.78, 5) is 26.3. The van der Waals surface area contributed by atoms with Crippen molar-refractivity contribution in [3.05, 3.63) is 64.4 Å². The highest BCUT2D eigenvalue weighted by Gasteiger charge is 2.19. The summed E-state index contributed by atoms with van der Waals surface area (Å²) in [5, 5.41) is 24.4. The van der Waals surface area contributed by atoms with Gasteiger partial charge in [0.1, 0.15) is 17.7 Å². The molecule has 160 valence electrons. The maximum atomic E-state index is 11.5. The van der Waals surface area contributed by atoms with Gasteiger partial charge >= 0.3 is 12.0 Å². The first-order chi connectivity index (χ1) is 14.9. The largest absolute Gasteiger partial charge is 0.493 e. The molecule has 1 heterocycles. The summed E-state index contributed by atoms with van der Waals surface area (Å²) < 4.78 is 15.7. The van der Waals surface area contributed by atoms with E-state index in [0.29, 0.717) is 22.8 Å². The molecule has 2 aromatic carbocycles. The first-order valence-electron chi connectivity index (χ1n) is 8.89. The standard InChI is InChI=1S/C20H18N4O7/c1-29-17-8-7-12(10-18(17)30-2)15-11-31-20(21-15)23-22-14(19(25)26)9-13-5-3-4-6-16(13)24(27)28/h3-8,10-11H,9H2,1-2H3,(H,21,23)(H,25,26)/b22-14+. The van der Waals surface area contributed by atoms with Crippen LogP contribution in [0.5, 0.6) is 11.5 Å². The van der Waals surface area contributed by atoms with E-state index >= 15 is 0 Å². The van der Waals surface area contributed by atoms with E-state index in [1.165, 1.54) is 38.7 Å². The molecule has 0 aliphatic heterocycles. The van der Waals surface area contributed by atoms with E-state index in [9.17, 15) is 20.0 Å². The van der Waals surface area contributed by atoms with Gasteiger partial charge in [-0.25, -0.2) is 10.2 Å².